The number of rotatable bonds is 10. The fraction of sp³-hybridized carbons (Fsp3) is 0.385. The minimum absolute atomic E-state index is 0.0455. The first kappa shape index (κ1) is 17.2. The van der Waals surface area contributed by atoms with Crippen molar-refractivity contribution in [2.24, 2.45) is 0 Å². The normalized spacial score (nSPS) is 9.68. The SMILES string of the molecule is COc1cc(C(=O)OCCCCO[N+](=O)[O-])ccc1OC=O. The van der Waals surface area contributed by atoms with Crippen molar-refractivity contribution in [1.29, 1.82) is 0 Å². The van der Waals surface area contributed by atoms with Crippen molar-refractivity contribution < 1.29 is 33.7 Å². The number of carbonyl (C=O) groups excluding carboxylic acids is 2. The zero-order valence-electron chi connectivity index (χ0n) is 11.9. The number of methoxy groups -OCH3 is 1. The second-order valence-corrected chi connectivity index (χ2v) is 3.98. The lowest BCUT2D eigenvalue weighted by Crippen LogP contribution is -2.08. The van der Waals surface area contributed by atoms with Crippen LogP contribution in [0.1, 0.15) is 23.2 Å². The summed E-state index contributed by atoms with van der Waals surface area (Å²) in [5.41, 5.74) is 0.233. The number of hydrogen-bond acceptors (Lipinski definition) is 8. The zero-order valence-corrected chi connectivity index (χ0v) is 11.9. The van der Waals surface area contributed by atoms with Gasteiger partial charge in [0.25, 0.3) is 11.6 Å². The molecule has 0 aliphatic carbocycles. The topological polar surface area (TPSA) is 114 Å². The molecule has 0 amide bonds. The Bertz CT molecular complexity index is 531. The van der Waals surface area contributed by atoms with Gasteiger partial charge in [-0.25, -0.2) is 4.79 Å². The smallest absolute Gasteiger partial charge is 0.338 e. The van der Waals surface area contributed by atoms with Gasteiger partial charge in [-0.15, -0.1) is 10.1 Å². The molecule has 0 saturated heterocycles. The molecule has 9 heteroatoms. The Morgan fingerprint density at radius 1 is 1.27 bits per heavy atom. The van der Waals surface area contributed by atoms with Crippen LogP contribution in [-0.4, -0.2) is 37.9 Å². The van der Waals surface area contributed by atoms with Gasteiger partial charge in [0.1, 0.15) is 0 Å². The molecule has 0 bridgehead atoms. The highest BCUT2D eigenvalue weighted by atomic mass is 16.9. The maximum atomic E-state index is 11.8. The molecule has 0 unspecified atom stereocenters. The molecule has 0 aliphatic rings. The van der Waals surface area contributed by atoms with E-state index in [0.29, 0.717) is 12.8 Å². The van der Waals surface area contributed by atoms with E-state index in [4.69, 9.17) is 9.47 Å². The van der Waals surface area contributed by atoms with Gasteiger partial charge < -0.3 is 19.0 Å². The van der Waals surface area contributed by atoms with Gasteiger partial charge in [0, 0.05) is 0 Å². The van der Waals surface area contributed by atoms with E-state index in [1.807, 2.05) is 0 Å². The summed E-state index contributed by atoms with van der Waals surface area (Å²) in [4.78, 5) is 36.1. The minimum atomic E-state index is -0.874. The Hall–Kier alpha value is -2.84. The zero-order chi connectivity index (χ0) is 16.4. The van der Waals surface area contributed by atoms with Crippen molar-refractivity contribution in [3.8, 4) is 11.5 Å². The Labute approximate surface area is 125 Å². The van der Waals surface area contributed by atoms with Crippen LogP contribution in [0.25, 0.3) is 0 Å². The fourth-order valence-corrected chi connectivity index (χ4v) is 1.54. The third-order valence-corrected chi connectivity index (χ3v) is 2.54. The first-order chi connectivity index (χ1) is 10.6. The van der Waals surface area contributed by atoms with Crippen LogP contribution in [0.2, 0.25) is 0 Å². The van der Waals surface area contributed by atoms with Crippen LogP contribution >= 0.6 is 0 Å². The van der Waals surface area contributed by atoms with E-state index < -0.39 is 11.1 Å². The highest BCUT2D eigenvalue weighted by Crippen LogP contribution is 2.27. The molecule has 1 rings (SSSR count). The van der Waals surface area contributed by atoms with Crippen molar-refractivity contribution in [3.05, 3.63) is 33.9 Å². The van der Waals surface area contributed by atoms with Crippen LogP contribution in [0.3, 0.4) is 0 Å². The number of ether oxygens (including phenoxy) is 3. The largest absolute Gasteiger partial charge is 0.493 e. The summed E-state index contributed by atoms with van der Waals surface area (Å²) in [5, 5.41) is 9.04. The molecular weight excluding hydrogens is 298 g/mol. The third-order valence-electron chi connectivity index (χ3n) is 2.54. The lowest BCUT2D eigenvalue weighted by atomic mass is 10.2. The van der Waals surface area contributed by atoms with E-state index in [0.717, 1.165) is 0 Å². The summed E-state index contributed by atoms with van der Waals surface area (Å²) < 4.78 is 14.7. The lowest BCUT2D eigenvalue weighted by molar-refractivity contribution is -0.757. The average molecular weight is 313 g/mol. The standard InChI is InChI=1S/C13H15NO8/c1-19-12-8-10(4-5-11(12)21-9-15)13(16)20-6-2-3-7-22-14(17)18/h4-5,8-9H,2-3,6-7H2,1H3. The fourth-order valence-electron chi connectivity index (χ4n) is 1.54. The summed E-state index contributed by atoms with van der Waals surface area (Å²) in [5.74, 6) is -0.168. The Morgan fingerprint density at radius 2 is 2.00 bits per heavy atom. The van der Waals surface area contributed by atoms with E-state index >= 15 is 0 Å². The molecule has 0 fully saturated rings. The van der Waals surface area contributed by atoms with Crippen molar-refractivity contribution in [3.63, 3.8) is 0 Å². The quantitative estimate of drug-likeness (QED) is 0.209. The number of unbranched alkanes of at least 4 members (excludes halogenated alkanes) is 1. The van der Waals surface area contributed by atoms with Crippen LogP contribution in [0, 0.1) is 10.1 Å². The Kier molecular flexibility index (Phi) is 7.17. The molecule has 120 valence electrons. The predicted octanol–water partition coefficient (Wildman–Crippen LogP) is 1.38. The summed E-state index contributed by atoms with van der Waals surface area (Å²) >= 11 is 0. The minimum Gasteiger partial charge on any atom is -0.493 e. The van der Waals surface area contributed by atoms with Crippen molar-refractivity contribution in [2.75, 3.05) is 20.3 Å². The predicted molar refractivity (Wildman–Crippen MR) is 72.1 cm³/mol. The van der Waals surface area contributed by atoms with Gasteiger partial charge in [-0.2, -0.15) is 0 Å². The van der Waals surface area contributed by atoms with Gasteiger partial charge in [-0.05, 0) is 31.0 Å². The van der Waals surface area contributed by atoms with Crippen molar-refractivity contribution in [1.82, 2.24) is 0 Å². The van der Waals surface area contributed by atoms with Crippen LogP contribution in [0.5, 0.6) is 11.5 Å². The molecule has 0 saturated carbocycles. The van der Waals surface area contributed by atoms with E-state index in [-0.39, 0.29) is 36.7 Å². The first-order valence-corrected chi connectivity index (χ1v) is 6.31. The number of hydrogen-bond donors (Lipinski definition) is 0. The first-order valence-electron chi connectivity index (χ1n) is 6.31. The molecule has 9 nitrogen and oxygen atoms in total. The van der Waals surface area contributed by atoms with E-state index in [9.17, 15) is 19.7 Å². The second-order valence-electron chi connectivity index (χ2n) is 3.98. The van der Waals surface area contributed by atoms with E-state index in [2.05, 4.69) is 9.57 Å². The van der Waals surface area contributed by atoms with Gasteiger partial charge in [-0.1, -0.05) is 0 Å². The van der Waals surface area contributed by atoms with Gasteiger partial charge in [0.2, 0.25) is 0 Å². The summed E-state index contributed by atoms with van der Waals surface area (Å²) in [6, 6.07) is 4.23. The molecule has 0 atom stereocenters. The molecule has 0 aliphatic heterocycles. The number of esters is 1. The summed E-state index contributed by atoms with van der Waals surface area (Å²) in [7, 11) is 1.37. The van der Waals surface area contributed by atoms with E-state index in [1.54, 1.807) is 0 Å². The lowest BCUT2D eigenvalue weighted by Gasteiger charge is -2.09. The van der Waals surface area contributed by atoms with Crippen LogP contribution < -0.4 is 9.47 Å². The second kappa shape index (κ2) is 9.16. The van der Waals surface area contributed by atoms with Gasteiger partial charge >= 0.3 is 5.97 Å². The molecule has 22 heavy (non-hydrogen) atoms. The monoisotopic (exact) mass is 313 g/mol. The molecule has 1 aromatic rings. The van der Waals surface area contributed by atoms with Crippen LogP contribution in [-0.2, 0) is 14.4 Å². The van der Waals surface area contributed by atoms with Crippen LogP contribution in [0.15, 0.2) is 18.2 Å². The molecule has 0 aromatic heterocycles. The average Bonchev–Trinajstić information content (AvgIpc) is 2.50. The number of benzene rings is 1. The number of nitrogens with zero attached hydrogens (tertiary/aromatic N) is 1. The highest BCUT2D eigenvalue weighted by Gasteiger charge is 2.12. The molecule has 0 heterocycles. The van der Waals surface area contributed by atoms with Crippen molar-refractivity contribution in [2.45, 2.75) is 12.8 Å². The maximum absolute atomic E-state index is 11.8. The molecule has 0 radical (unpaired) electrons. The van der Waals surface area contributed by atoms with Gasteiger partial charge in [-0.3, -0.25) is 4.79 Å². The van der Waals surface area contributed by atoms with Gasteiger partial charge in [0.15, 0.2) is 11.5 Å². The number of carbonyl (C=O) groups is 2. The van der Waals surface area contributed by atoms with Crippen molar-refractivity contribution >= 4 is 12.4 Å². The van der Waals surface area contributed by atoms with E-state index in [1.165, 1.54) is 25.3 Å². The summed E-state index contributed by atoms with van der Waals surface area (Å²) in [6.45, 7) is 0.313. The molecule has 0 N–H and O–H groups in total. The molecular formula is C13H15NO8. The summed E-state index contributed by atoms with van der Waals surface area (Å²) in [6.07, 6.45) is 0.826. The molecule has 0 spiro atoms. The van der Waals surface area contributed by atoms with Gasteiger partial charge in [0.05, 0.1) is 25.9 Å². The molecule has 1 aromatic carbocycles. The van der Waals surface area contributed by atoms with Crippen LogP contribution in [0.4, 0.5) is 0 Å². The maximum Gasteiger partial charge on any atom is 0.338 e. The Morgan fingerprint density at radius 3 is 2.64 bits per heavy atom. The highest BCUT2D eigenvalue weighted by molar-refractivity contribution is 5.90. The Balaban J connectivity index is 2.45. The third kappa shape index (κ3) is 5.65.